The van der Waals surface area contributed by atoms with Gasteiger partial charge in [0.25, 0.3) is 0 Å². The number of anilines is 1. The molecular weight excluding hydrogens is 297 g/mol. The molecule has 116 valence electrons. The molecule has 0 unspecified atom stereocenters. The van der Waals surface area contributed by atoms with Crippen LogP contribution in [-0.4, -0.2) is 44.7 Å². The van der Waals surface area contributed by atoms with Crippen molar-refractivity contribution in [3.63, 3.8) is 0 Å². The third kappa shape index (κ3) is 4.68. The molecule has 2 amide bonds. The van der Waals surface area contributed by atoms with Crippen LogP contribution in [-0.2, 0) is 10.0 Å². The predicted octanol–water partition coefficient (Wildman–Crippen LogP) is 1.37. The van der Waals surface area contributed by atoms with E-state index in [1.807, 2.05) is 0 Å². The topological polar surface area (TPSA) is 78.5 Å². The van der Waals surface area contributed by atoms with Crippen molar-refractivity contribution in [3.8, 4) is 0 Å². The van der Waals surface area contributed by atoms with Gasteiger partial charge in [-0.3, -0.25) is 0 Å². The lowest BCUT2D eigenvalue weighted by atomic mass is 10.1. The standard InChI is InChI=1S/C13H18FN3O3S/c1-21(19,20)16-10-5-4-8-17(9-10)13(18)15-12-7-3-2-6-11(12)14/h2-3,6-7,10,16H,4-5,8-9H2,1H3,(H,15,18)/t10-/m0/s1. The number of halogens is 1. The molecule has 0 spiro atoms. The lowest BCUT2D eigenvalue weighted by Crippen LogP contribution is -2.50. The summed E-state index contributed by atoms with van der Waals surface area (Å²) >= 11 is 0. The summed E-state index contributed by atoms with van der Waals surface area (Å²) in [7, 11) is -3.31. The van der Waals surface area contributed by atoms with E-state index in [1.54, 1.807) is 6.07 Å². The third-order valence-electron chi connectivity index (χ3n) is 3.20. The molecule has 0 aliphatic carbocycles. The second-order valence-corrected chi connectivity index (χ2v) is 6.87. The van der Waals surface area contributed by atoms with Gasteiger partial charge in [-0.25, -0.2) is 22.3 Å². The van der Waals surface area contributed by atoms with Crippen molar-refractivity contribution in [2.45, 2.75) is 18.9 Å². The molecule has 1 aromatic rings. The highest BCUT2D eigenvalue weighted by Crippen LogP contribution is 2.16. The molecule has 1 heterocycles. The number of nitrogens with zero attached hydrogens (tertiary/aromatic N) is 1. The number of nitrogens with one attached hydrogen (secondary N) is 2. The molecular formula is C13H18FN3O3S. The summed E-state index contributed by atoms with van der Waals surface area (Å²) in [5.41, 5.74) is 0.112. The quantitative estimate of drug-likeness (QED) is 0.884. The fourth-order valence-electron chi connectivity index (χ4n) is 2.32. The Bertz CT molecular complexity index is 621. The number of hydrogen-bond donors (Lipinski definition) is 2. The van der Waals surface area contributed by atoms with Gasteiger partial charge in [-0.1, -0.05) is 12.1 Å². The summed E-state index contributed by atoms with van der Waals surface area (Å²) in [6.07, 6.45) is 2.46. The Morgan fingerprint density at radius 2 is 2.10 bits per heavy atom. The molecule has 0 bridgehead atoms. The van der Waals surface area contributed by atoms with Gasteiger partial charge >= 0.3 is 6.03 Å². The van der Waals surface area contributed by atoms with Gasteiger partial charge in [0.05, 0.1) is 11.9 Å². The highest BCUT2D eigenvalue weighted by molar-refractivity contribution is 7.88. The van der Waals surface area contributed by atoms with Crippen molar-refractivity contribution in [3.05, 3.63) is 30.1 Å². The van der Waals surface area contributed by atoms with Crippen LogP contribution in [0.4, 0.5) is 14.9 Å². The zero-order valence-corrected chi connectivity index (χ0v) is 12.5. The average molecular weight is 315 g/mol. The van der Waals surface area contributed by atoms with Gasteiger partial charge in [-0.05, 0) is 25.0 Å². The number of urea groups is 1. The van der Waals surface area contributed by atoms with Crippen LogP contribution in [0, 0.1) is 5.82 Å². The Kier molecular flexibility index (Phi) is 4.79. The number of carbonyl (C=O) groups excluding carboxylic acids is 1. The zero-order valence-electron chi connectivity index (χ0n) is 11.7. The molecule has 1 aromatic carbocycles. The van der Waals surface area contributed by atoms with Crippen LogP contribution in [0.2, 0.25) is 0 Å². The summed E-state index contributed by atoms with van der Waals surface area (Å²) in [4.78, 5) is 13.6. The Hall–Kier alpha value is -1.67. The van der Waals surface area contributed by atoms with Crippen molar-refractivity contribution in [1.82, 2.24) is 9.62 Å². The van der Waals surface area contributed by atoms with Crippen molar-refractivity contribution >= 4 is 21.7 Å². The first kappa shape index (κ1) is 15.7. The molecule has 1 aliphatic rings. The normalized spacial score (nSPS) is 19.3. The van der Waals surface area contributed by atoms with Crippen LogP contribution in [0.25, 0.3) is 0 Å². The molecule has 21 heavy (non-hydrogen) atoms. The van der Waals surface area contributed by atoms with Crippen molar-refractivity contribution in [1.29, 1.82) is 0 Å². The molecule has 2 rings (SSSR count). The van der Waals surface area contributed by atoms with Gasteiger partial charge in [0, 0.05) is 19.1 Å². The van der Waals surface area contributed by atoms with Crippen LogP contribution in [0.15, 0.2) is 24.3 Å². The second-order valence-electron chi connectivity index (χ2n) is 5.09. The number of rotatable bonds is 3. The molecule has 6 nitrogen and oxygen atoms in total. The predicted molar refractivity (Wildman–Crippen MR) is 78.0 cm³/mol. The highest BCUT2D eigenvalue weighted by Gasteiger charge is 2.25. The maximum absolute atomic E-state index is 13.5. The molecule has 1 atom stereocenters. The smallest absolute Gasteiger partial charge is 0.321 e. The van der Waals surface area contributed by atoms with Gasteiger partial charge in [0.1, 0.15) is 5.82 Å². The van der Waals surface area contributed by atoms with Crippen molar-refractivity contribution in [2.24, 2.45) is 0 Å². The molecule has 1 fully saturated rings. The number of likely N-dealkylation sites (tertiary alicyclic amines) is 1. The van der Waals surface area contributed by atoms with Crippen molar-refractivity contribution in [2.75, 3.05) is 24.7 Å². The van der Waals surface area contributed by atoms with Crippen LogP contribution >= 0.6 is 0 Å². The number of piperidine rings is 1. The Balaban J connectivity index is 1.98. The fourth-order valence-corrected chi connectivity index (χ4v) is 3.12. The average Bonchev–Trinajstić information content (AvgIpc) is 2.39. The van der Waals surface area contributed by atoms with Gasteiger partial charge in [-0.15, -0.1) is 0 Å². The van der Waals surface area contributed by atoms with E-state index in [2.05, 4.69) is 10.0 Å². The van der Waals surface area contributed by atoms with E-state index in [9.17, 15) is 17.6 Å². The van der Waals surface area contributed by atoms with E-state index >= 15 is 0 Å². The minimum atomic E-state index is -3.31. The van der Waals surface area contributed by atoms with E-state index < -0.39 is 21.9 Å². The lowest BCUT2D eigenvalue weighted by molar-refractivity contribution is 0.190. The third-order valence-corrected chi connectivity index (χ3v) is 3.97. The molecule has 8 heteroatoms. The fraction of sp³-hybridized carbons (Fsp3) is 0.462. The number of para-hydroxylation sites is 1. The number of hydrogen-bond acceptors (Lipinski definition) is 3. The molecule has 0 aromatic heterocycles. The number of carbonyl (C=O) groups is 1. The van der Waals surface area contributed by atoms with E-state index in [4.69, 9.17) is 0 Å². The van der Waals surface area contributed by atoms with E-state index in [0.29, 0.717) is 19.4 Å². The summed E-state index contributed by atoms with van der Waals surface area (Å²) < 4.78 is 38.4. The maximum Gasteiger partial charge on any atom is 0.321 e. The second kappa shape index (κ2) is 6.40. The van der Waals surface area contributed by atoms with Gasteiger partial charge in [0.2, 0.25) is 10.0 Å². The first-order chi connectivity index (χ1) is 9.85. The first-order valence-corrected chi connectivity index (χ1v) is 8.52. The number of amides is 2. The lowest BCUT2D eigenvalue weighted by Gasteiger charge is -2.32. The van der Waals surface area contributed by atoms with Gasteiger partial charge < -0.3 is 10.2 Å². The maximum atomic E-state index is 13.5. The van der Waals surface area contributed by atoms with Crippen molar-refractivity contribution < 1.29 is 17.6 Å². The van der Waals surface area contributed by atoms with E-state index in [-0.39, 0.29) is 18.3 Å². The van der Waals surface area contributed by atoms with Gasteiger partial charge in [0.15, 0.2) is 0 Å². The highest BCUT2D eigenvalue weighted by atomic mass is 32.2. The zero-order chi connectivity index (χ0) is 15.5. The summed E-state index contributed by atoms with van der Waals surface area (Å²) in [5.74, 6) is -0.506. The SMILES string of the molecule is CS(=O)(=O)N[C@H]1CCCN(C(=O)Nc2ccccc2F)C1. The van der Waals surface area contributed by atoms with Gasteiger partial charge in [-0.2, -0.15) is 0 Å². The molecule has 1 saturated heterocycles. The van der Waals surface area contributed by atoms with Crippen LogP contribution in [0.3, 0.4) is 0 Å². The number of sulfonamides is 1. The Morgan fingerprint density at radius 3 is 2.76 bits per heavy atom. The Labute approximate surface area is 123 Å². The van der Waals surface area contributed by atoms with Crippen LogP contribution < -0.4 is 10.0 Å². The van der Waals surface area contributed by atoms with E-state index in [0.717, 1.165) is 6.26 Å². The first-order valence-electron chi connectivity index (χ1n) is 6.63. The summed E-state index contributed by atoms with van der Waals surface area (Å²) in [6.45, 7) is 0.787. The van der Waals surface area contributed by atoms with Crippen LogP contribution in [0.1, 0.15) is 12.8 Å². The van der Waals surface area contributed by atoms with E-state index in [1.165, 1.54) is 23.1 Å². The minimum absolute atomic E-state index is 0.112. The summed E-state index contributed by atoms with van der Waals surface area (Å²) in [5, 5.41) is 2.50. The molecule has 0 radical (unpaired) electrons. The monoisotopic (exact) mass is 315 g/mol. The summed E-state index contributed by atoms with van der Waals surface area (Å²) in [6, 6.07) is 5.17. The molecule has 0 saturated carbocycles. The van der Waals surface area contributed by atoms with Crippen LogP contribution in [0.5, 0.6) is 0 Å². The Morgan fingerprint density at radius 1 is 1.38 bits per heavy atom. The molecule has 1 aliphatic heterocycles. The number of benzene rings is 1. The minimum Gasteiger partial charge on any atom is -0.323 e. The molecule has 2 N–H and O–H groups in total. The largest absolute Gasteiger partial charge is 0.323 e.